The molecule has 3 nitrogen and oxygen atoms in total. The molecule has 0 saturated carbocycles. The number of aryl methyl sites for hydroxylation is 2. The molecule has 0 unspecified atom stereocenters. The summed E-state index contributed by atoms with van der Waals surface area (Å²) in [4.78, 5) is 4.68. The van der Waals surface area contributed by atoms with Gasteiger partial charge in [0.05, 0.1) is 17.8 Å². The highest BCUT2D eigenvalue weighted by Gasteiger charge is 2.10. The van der Waals surface area contributed by atoms with E-state index in [4.69, 9.17) is 9.47 Å². The van der Waals surface area contributed by atoms with Crippen molar-refractivity contribution in [1.82, 2.24) is 4.98 Å². The highest BCUT2D eigenvalue weighted by atomic mass is 32.1. The Kier molecular flexibility index (Phi) is 4.93. The predicted octanol–water partition coefficient (Wildman–Crippen LogP) is 3.71. The van der Waals surface area contributed by atoms with Crippen LogP contribution in [-0.4, -0.2) is 25.8 Å². The van der Waals surface area contributed by atoms with Crippen molar-refractivity contribution in [1.29, 1.82) is 0 Å². The molecule has 102 valence electrons. The summed E-state index contributed by atoms with van der Waals surface area (Å²) in [5, 5.41) is 3.25. The van der Waals surface area contributed by atoms with E-state index in [1.807, 2.05) is 12.1 Å². The Morgan fingerprint density at radius 3 is 2.84 bits per heavy atom. The highest BCUT2D eigenvalue weighted by molar-refractivity contribution is 7.09. The van der Waals surface area contributed by atoms with Crippen LogP contribution in [0.4, 0.5) is 0 Å². The molecular weight excluding hydrogens is 258 g/mol. The second-order valence-electron chi connectivity index (χ2n) is 4.43. The normalized spacial score (nSPS) is 10.7. The first-order valence-electron chi connectivity index (χ1n) is 6.33. The molecule has 0 aliphatic carbocycles. The summed E-state index contributed by atoms with van der Waals surface area (Å²) >= 11 is 1.70. The SMILES string of the molecule is COCCCc1nc(-c2cc(C)ccc2OC)cs1. The Bertz CT molecular complexity index is 537. The van der Waals surface area contributed by atoms with Gasteiger partial charge in [0.15, 0.2) is 0 Å². The maximum absolute atomic E-state index is 5.41. The van der Waals surface area contributed by atoms with E-state index < -0.39 is 0 Å². The molecule has 0 fully saturated rings. The molecule has 0 amide bonds. The number of aromatic nitrogens is 1. The molecule has 19 heavy (non-hydrogen) atoms. The number of ether oxygens (including phenoxy) is 2. The van der Waals surface area contributed by atoms with E-state index in [0.717, 1.165) is 41.5 Å². The summed E-state index contributed by atoms with van der Waals surface area (Å²) in [6.45, 7) is 2.86. The van der Waals surface area contributed by atoms with Crippen molar-refractivity contribution in [2.24, 2.45) is 0 Å². The molecule has 0 N–H and O–H groups in total. The number of nitrogens with zero attached hydrogens (tertiary/aromatic N) is 1. The molecule has 1 heterocycles. The van der Waals surface area contributed by atoms with E-state index >= 15 is 0 Å². The predicted molar refractivity (Wildman–Crippen MR) is 79.0 cm³/mol. The van der Waals surface area contributed by atoms with E-state index in [1.165, 1.54) is 5.56 Å². The summed E-state index contributed by atoms with van der Waals surface area (Å²) in [5.74, 6) is 0.874. The third-order valence-electron chi connectivity index (χ3n) is 2.92. The summed E-state index contributed by atoms with van der Waals surface area (Å²) in [5.41, 5.74) is 3.28. The lowest BCUT2D eigenvalue weighted by Crippen LogP contribution is -1.93. The standard InChI is InChI=1S/C15H19NO2S/c1-11-6-7-14(18-3)12(9-11)13-10-19-15(16-13)5-4-8-17-2/h6-7,9-10H,4-5,8H2,1-3H3. The molecule has 0 saturated heterocycles. The van der Waals surface area contributed by atoms with Crippen LogP contribution in [0.15, 0.2) is 23.6 Å². The smallest absolute Gasteiger partial charge is 0.128 e. The average molecular weight is 277 g/mol. The number of hydrogen-bond donors (Lipinski definition) is 0. The number of thiazole rings is 1. The molecule has 0 radical (unpaired) electrons. The Hall–Kier alpha value is -1.39. The van der Waals surface area contributed by atoms with Gasteiger partial charge in [-0.3, -0.25) is 0 Å². The van der Waals surface area contributed by atoms with Crippen molar-refractivity contribution in [2.75, 3.05) is 20.8 Å². The quantitative estimate of drug-likeness (QED) is 0.754. The lowest BCUT2D eigenvalue weighted by molar-refractivity contribution is 0.195. The van der Waals surface area contributed by atoms with Crippen LogP contribution >= 0.6 is 11.3 Å². The van der Waals surface area contributed by atoms with E-state index in [1.54, 1.807) is 25.6 Å². The summed E-state index contributed by atoms with van der Waals surface area (Å²) < 4.78 is 10.5. The van der Waals surface area contributed by atoms with Crippen molar-refractivity contribution in [3.05, 3.63) is 34.2 Å². The van der Waals surface area contributed by atoms with E-state index in [0.29, 0.717) is 0 Å². The van der Waals surface area contributed by atoms with Gasteiger partial charge in [0.1, 0.15) is 5.75 Å². The third kappa shape index (κ3) is 3.55. The fourth-order valence-electron chi connectivity index (χ4n) is 1.94. The van der Waals surface area contributed by atoms with E-state index in [-0.39, 0.29) is 0 Å². The van der Waals surface area contributed by atoms with Crippen LogP contribution < -0.4 is 4.74 Å². The van der Waals surface area contributed by atoms with Crippen molar-refractivity contribution in [3.8, 4) is 17.0 Å². The van der Waals surface area contributed by atoms with Crippen LogP contribution in [0.2, 0.25) is 0 Å². The van der Waals surface area contributed by atoms with Gasteiger partial charge in [0.2, 0.25) is 0 Å². The van der Waals surface area contributed by atoms with Gasteiger partial charge in [-0.05, 0) is 25.5 Å². The largest absolute Gasteiger partial charge is 0.496 e. The summed E-state index contributed by atoms with van der Waals surface area (Å²) in [7, 11) is 3.42. The van der Waals surface area contributed by atoms with Crippen LogP contribution in [0.1, 0.15) is 17.0 Å². The zero-order valence-electron chi connectivity index (χ0n) is 11.6. The van der Waals surface area contributed by atoms with Crippen LogP contribution in [-0.2, 0) is 11.2 Å². The average Bonchev–Trinajstić information content (AvgIpc) is 2.88. The lowest BCUT2D eigenvalue weighted by Gasteiger charge is -2.07. The molecular formula is C15H19NO2S. The van der Waals surface area contributed by atoms with Gasteiger partial charge in [-0.15, -0.1) is 11.3 Å². The molecule has 0 spiro atoms. The fourth-order valence-corrected chi connectivity index (χ4v) is 2.78. The number of benzene rings is 1. The fraction of sp³-hybridized carbons (Fsp3) is 0.400. The second-order valence-corrected chi connectivity index (χ2v) is 5.37. The van der Waals surface area contributed by atoms with Crippen molar-refractivity contribution >= 4 is 11.3 Å². The number of methoxy groups -OCH3 is 2. The maximum atomic E-state index is 5.41. The molecule has 4 heteroatoms. The molecule has 0 aliphatic heterocycles. The first-order chi connectivity index (χ1) is 9.24. The third-order valence-corrected chi connectivity index (χ3v) is 3.83. The van der Waals surface area contributed by atoms with Crippen molar-refractivity contribution in [2.45, 2.75) is 19.8 Å². The number of hydrogen-bond acceptors (Lipinski definition) is 4. The molecule has 0 atom stereocenters. The summed E-state index contributed by atoms with van der Waals surface area (Å²) in [6.07, 6.45) is 1.97. The van der Waals surface area contributed by atoms with Gasteiger partial charge in [-0.25, -0.2) is 4.98 Å². The van der Waals surface area contributed by atoms with Gasteiger partial charge in [0.25, 0.3) is 0 Å². The zero-order chi connectivity index (χ0) is 13.7. The van der Waals surface area contributed by atoms with Gasteiger partial charge in [-0.1, -0.05) is 11.6 Å². The number of rotatable bonds is 6. The van der Waals surface area contributed by atoms with Gasteiger partial charge in [0, 0.05) is 31.1 Å². The topological polar surface area (TPSA) is 31.4 Å². The lowest BCUT2D eigenvalue weighted by atomic mass is 10.1. The monoisotopic (exact) mass is 277 g/mol. The van der Waals surface area contributed by atoms with Crippen LogP contribution in [0, 0.1) is 6.92 Å². The van der Waals surface area contributed by atoms with Crippen molar-refractivity contribution < 1.29 is 9.47 Å². The Morgan fingerprint density at radius 2 is 2.11 bits per heavy atom. The van der Waals surface area contributed by atoms with E-state index in [9.17, 15) is 0 Å². The minimum absolute atomic E-state index is 0.780. The highest BCUT2D eigenvalue weighted by Crippen LogP contribution is 2.31. The first-order valence-corrected chi connectivity index (χ1v) is 7.21. The molecule has 2 rings (SSSR count). The van der Waals surface area contributed by atoms with Crippen molar-refractivity contribution in [3.63, 3.8) is 0 Å². The van der Waals surface area contributed by atoms with Crippen LogP contribution in [0.5, 0.6) is 5.75 Å². The van der Waals surface area contributed by atoms with Crippen LogP contribution in [0.25, 0.3) is 11.3 Å². The Labute approximate surface area is 118 Å². The first kappa shape index (κ1) is 14.0. The van der Waals surface area contributed by atoms with Crippen LogP contribution in [0.3, 0.4) is 0 Å². The minimum Gasteiger partial charge on any atom is -0.496 e. The van der Waals surface area contributed by atoms with Gasteiger partial charge < -0.3 is 9.47 Å². The molecule has 0 aliphatic rings. The molecule has 1 aromatic carbocycles. The minimum atomic E-state index is 0.780. The van der Waals surface area contributed by atoms with E-state index in [2.05, 4.69) is 23.4 Å². The van der Waals surface area contributed by atoms with Gasteiger partial charge in [-0.2, -0.15) is 0 Å². The maximum Gasteiger partial charge on any atom is 0.128 e. The van der Waals surface area contributed by atoms with Gasteiger partial charge >= 0.3 is 0 Å². The Balaban J connectivity index is 2.20. The second kappa shape index (κ2) is 6.68. The zero-order valence-corrected chi connectivity index (χ0v) is 12.4. The molecule has 0 bridgehead atoms. The molecule has 1 aromatic heterocycles. The Morgan fingerprint density at radius 1 is 1.26 bits per heavy atom. The molecule has 2 aromatic rings. The summed E-state index contributed by atoms with van der Waals surface area (Å²) in [6, 6.07) is 6.16.